The van der Waals surface area contributed by atoms with E-state index in [1.165, 1.54) is 19.4 Å². The number of halogens is 1. The third kappa shape index (κ3) is 7.94. The van der Waals surface area contributed by atoms with Crippen LogP contribution < -0.4 is 11.1 Å². The summed E-state index contributed by atoms with van der Waals surface area (Å²) in [4.78, 5) is 6.88. The van der Waals surface area contributed by atoms with Crippen molar-refractivity contribution in [3.63, 3.8) is 0 Å². The second kappa shape index (κ2) is 10.7. The highest BCUT2D eigenvalue weighted by Crippen LogP contribution is 2.16. The maximum atomic E-state index is 5.82. The van der Waals surface area contributed by atoms with Gasteiger partial charge in [-0.3, -0.25) is 9.89 Å². The van der Waals surface area contributed by atoms with Crippen molar-refractivity contribution in [2.45, 2.75) is 45.8 Å². The highest BCUT2D eigenvalue weighted by Gasteiger charge is 2.22. The molecule has 1 heterocycles. The van der Waals surface area contributed by atoms with Crippen molar-refractivity contribution < 1.29 is 4.74 Å². The number of ether oxygens (including phenoxy) is 1. The van der Waals surface area contributed by atoms with Gasteiger partial charge in [0.15, 0.2) is 5.96 Å². The second-order valence-corrected chi connectivity index (χ2v) is 5.00. The topological polar surface area (TPSA) is 62.9 Å². The van der Waals surface area contributed by atoms with Gasteiger partial charge in [-0.05, 0) is 39.8 Å². The number of nitrogens with two attached hydrogens (primary N) is 1. The van der Waals surface area contributed by atoms with Crippen LogP contribution in [0.5, 0.6) is 0 Å². The summed E-state index contributed by atoms with van der Waals surface area (Å²) in [5, 5.41) is 3.08. The second-order valence-electron chi connectivity index (χ2n) is 5.00. The molecule has 0 saturated carbocycles. The zero-order chi connectivity index (χ0) is 13.4. The molecule has 6 heteroatoms. The Morgan fingerprint density at radius 2 is 2.26 bits per heavy atom. The van der Waals surface area contributed by atoms with Gasteiger partial charge in [0.25, 0.3) is 0 Å². The summed E-state index contributed by atoms with van der Waals surface area (Å²) in [6.45, 7) is 10.7. The van der Waals surface area contributed by atoms with Gasteiger partial charge in [0, 0.05) is 12.6 Å². The fraction of sp³-hybridized carbons (Fsp3) is 0.923. The summed E-state index contributed by atoms with van der Waals surface area (Å²) >= 11 is 0. The molecule has 0 amide bonds. The molecule has 3 N–H and O–H groups in total. The smallest absolute Gasteiger partial charge is 0.188 e. The van der Waals surface area contributed by atoms with Crippen LogP contribution in [0.4, 0.5) is 0 Å². The summed E-state index contributed by atoms with van der Waals surface area (Å²) in [7, 11) is 0. The maximum absolute atomic E-state index is 5.82. The number of likely N-dealkylation sites (tertiary alicyclic amines) is 1. The number of hydrogen-bond donors (Lipinski definition) is 2. The number of likely N-dealkylation sites (N-methyl/N-ethyl adjacent to an activating group) is 1. The maximum Gasteiger partial charge on any atom is 0.188 e. The highest BCUT2D eigenvalue weighted by molar-refractivity contribution is 14.0. The van der Waals surface area contributed by atoms with Crippen LogP contribution >= 0.6 is 24.0 Å². The van der Waals surface area contributed by atoms with Crippen molar-refractivity contribution in [1.29, 1.82) is 0 Å². The van der Waals surface area contributed by atoms with E-state index in [9.17, 15) is 0 Å². The predicted molar refractivity (Wildman–Crippen MR) is 91.3 cm³/mol. The van der Waals surface area contributed by atoms with Gasteiger partial charge in [-0.2, -0.15) is 0 Å². The van der Waals surface area contributed by atoms with Gasteiger partial charge in [-0.1, -0.05) is 6.92 Å². The molecule has 5 nitrogen and oxygen atoms in total. The Labute approximate surface area is 134 Å². The zero-order valence-electron chi connectivity index (χ0n) is 12.4. The van der Waals surface area contributed by atoms with Crippen LogP contribution in [0, 0.1) is 0 Å². The van der Waals surface area contributed by atoms with Crippen LogP contribution in [0.25, 0.3) is 0 Å². The van der Waals surface area contributed by atoms with E-state index in [2.05, 4.69) is 22.1 Å². The molecule has 1 aliphatic rings. The monoisotopic (exact) mass is 384 g/mol. The molecule has 0 aliphatic carbocycles. The van der Waals surface area contributed by atoms with Gasteiger partial charge in [0.2, 0.25) is 0 Å². The number of nitrogens with one attached hydrogen (secondary N) is 1. The zero-order valence-corrected chi connectivity index (χ0v) is 14.7. The fourth-order valence-electron chi connectivity index (χ4n) is 2.25. The van der Waals surface area contributed by atoms with Gasteiger partial charge in [-0.25, -0.2) is 0 Å². The van der Waals surface area contributed by atoms with E-state index < -0.39 is 0 Å². The van der Waals surface area contributed by atoms with Crippen LogP contribution in [0.2, 0.25) is 0 Å². The Morgan fingerprint density at radius 1 is 1.53 bits per heavy atom. The minimum absolute atomic E-state index is 0. The Bertz CT molecular complexity index is 261. The third-order valence-electron chi connectivity index (χ3n) is 3.24. The summed E-state index contributed by atoms with van der Waals surface area (Å²) in [6, 6.07) is 0.572. The molecule has 0 bridgehead atoms. The largest absolute Gasteiger partial charge is 0.377 e. The van der Waals surface area contributed by atoms with Crippen molar-refractivity contribution in [3.05, 3.63) is 0 Å². The normalized spacial score (nSPS) is 20.6. The van der Waals surface area contributed by atoms with Gasteiger partial charge in [-0.15, -0.1) is 24.0 Å². The van der Waals surface area contributed by atoms with E-state index in [1.54, 1.807) is 0 Å². The van der Waals surface area contributed by atoms with E-state index in [0.29, 0.717) is 18.6 Å². The molecular weight excluding hydrogens is 355 g/mol. The molecule has 0 spiro atoms. The van der Waals surface area contributed by atoms with E-state index >= 15 is 0 Å². The fourth-order valence-corrected chi connectivity index (χ4v) is 2.25. The molecule has 1 aliphatic heterocycles. The summed E-state index contributed by atoms with van der Waals surface area (Å²) in [5.41, 5.74) is 5.82. The van der Waals surface area contributed by atoms with Crippen LogP contribution in [-0.4, -0.2) is 55.8 Å². The molecule has 114 valence electrons. The molecule has 0 aromatic heterocycles. The Balaban J connectivity index is 0.00000324. The van der Waals surface area contributed by atoms with E-state index in [4.69, 9.17) is 10.5 Å². The number of hydrogen-bond acceptors (Lipinski definition) is 3. The first-order valence-electron chi connectivity index (χ1n) is 7.03. The van der Waals surface area contributed by atoms with Crippen molar-refractivity contribution in [2.24, 2.45) is 10.7 Å². The summed E-state index contributed by atoms with van der Waals surface area (Å²) in [6.07, 6.45) is 2.78. The molecule has 0 aromatic carbocycles. The highest BCUT2D eigenvalue weighted by atomic mass is 127. The number of nitrogens with zero attached hydrogens (tertiary/aromatic N) is 2. The van der Waals surface area contributed by atoms with Crippen molar-refractivity contribution in [2.75, 3.05) is 32.8 Å². The Kier molecular flexibility index (Phi) is 10.6. The number of aliphatic imine (C=N–C) groups is 1. The van der Waals surface area contributed by atoms with Gasteiger partial charge < -0.3 is 15.8 Å². The first-order valence-corrected chi connectivity index (χ1v) is 7.03. The van der Waals surface area contributed by atoms with Crippen LogP contribution in [0.1, 0.15) is 33.6 Å². The summed E-state index contributed by atoms with van der Waals surface area (Å²) < 4.78 is 5.42. The van der Waals surface area contributed by atoms with Crippen molar-refractivity contribution in [1.82, 2.24) is 10.2 Å². The van der Waals surface area contributed by atoms with E-state index in [-0.39, 0.29) is 30.1 Å². The predicted octanol–water partition coefficient (Wildman–Crippen LogP) is 1.42. The van der Waals surface area contributed by atoms with Crippen LogP contribution in [0.15, 0.2) is 4.99 Å². The molecule has 0 aromatic rings. The van der Waals surface area contributed by atoms with Crippen molar-refractivity contribution in [3.8, 4) is 0 Å². The van der Waals surface area contributed by atoms with E-state index in [1.807, 2.05) is 13.8 Å². The van der Waals surface area contributed by atoms with E-state index in [0.717, 1.165) is 19.6 Å². The number of rotatable bonds is 7. The number of guanidine groups is 1. The van der Waals surface area contributed by atoms with Crippen LogP contribution in [-0.2, 0) is 4.74 Å². The lowest BCUT2D eigenvalue weighted by molar-refractivity contribution is 0.0830. The molecule has 1 rings (SSSR count). The Morgan fingerprint density at radius 3 is 2.89 bits per heavy atom. The molecule has 1 unspecified atom stereocenters. The molecule has 1 fully saturated rings. The average molecular weight is 384 g/mol. The van der Waals surface area contributed by atoms with Crippen molar-refractivity contribution >= 4 is 29.9 Å². The minimum Gasteiger partial charge on any atom is -0.377 e. The molecule has 1 saturated heterocycles. The lowest BCUT2D eigenvalue weighted by Gasteiger charge is -2.21. The lowest BCUT2D eigenvalue weighted by atomic mass is 10.2. The van der Waals surface area contributed by atoms with Gasteiger partial charge in [0.05, 0.1) is 19.3 Å². The van der Waals surface area contributed by atoms with Crippen LogP contribution in [0.3, 0.4) is 0 Å². The van der Waals surface area contributed by atoms with Gasteiger partial charge >= 0.3 is 0 Å². The SMILES string of the molecule is CCN1CCCC1CN=C(N)NCCOC(C)C.I. The lowest BCUT2D eigenvalue weighted by Crippen LogP contribution is -2.37. The quantitative estimate of drug-likeness (QED) is 0.302. The van der Waals surface area contributed by atoms with Gasteiger partial charge in [0.1, 0.15) is 0 Å². The molecule has 1 atom stereocenters. The third-order valence-corrected chi connectivity index (χ3v) is 3.24. The summed E-state index contributed by atoms with van der Waals surface area (Å²) in [5.74, 6) is 0.533. The minimum atomic E-state index is 0. The average Bonchev–Trinajstić information content (AvgIpc) is 2.79. The molecule has 0 radical (unpaired) electrons. The first kappa shape index (κ1) is 18.9. The Hall–Kier alpha value is -0.0800. The first-order chi connectivity index (χ1) is 8.63. The standard InChI is InChI=1S/C13H28N4O.HI/c1-4-17-8-5-6-12(17)10-16-13(14)15-7-9-18-11(2)3;/h11-12H,4-10H2,1-3H3,(H3,14,15,16);1H. The molecular formula is C13H29IN4O. The molecule has 19 heavy (non-hydrogen) atoms.